The third-order valence-corrected chi connectivity index (χ3v) is 5.89. The third-order valence-electron chi connectivity index (χ3n) is 4.69. The van der Waals surface area contributed by atoms with E-state index in [1.807, 2.05) is 5.43 Å². The lowest BCUT2D eigenvalue weighted by atomic mass is 9.96. The highest BCUT2D eigenvalue weighted by atomic mass is 35.5. The van der Waals surface area contributed by atoms with Crippen LogP contribution in [0.3, 0.4) is 0 Å². The Kier molecular flexibility index (Phi) is 9.55. The van der Waals surface area contributed by atoms with Gasteiger partial charge in [-0.2, -0.15) is 26.3 Å². The van der Waals surface area contributed by atoms with Crippen molar-refractivity contribution >= 4 is 52.8 Å². The summed E-state index contributed by atoms with van der Waals surface area (Å²) in [5.41, 5.74) is -0.888. The molecule has 2 rings (SSSR count). The Balaban J connectivity index is 2.44. The second-order valence-electron chi connectivity index (χ2n) is 7.32. The molecule has 0 aliphatic heterocycles. The standard InChI is InChI=1S/C22H18Cl3F6N3O2/c1-3-32-20(36)34(2)33-19(35)13-6-4-11(8-15(13)22(29,30)31)5-7-14(21(26,27)28)12-9-16(23)18(25)17(24)10-12/h4-10,14H,3H2,1-2H3,(H,32,36)(H,33,35)/b7-5+. The van der Waals surface area contributed by atoms with Gasteiger partial charge in [0.1, 0.15) is 0 Å². The number of amides is 3. The zero-order valence-corrected chi connectivity index (χ0v) is 20.8. The fraction of sp³-hybridized carbons (Fsp3) is 0.273. The topological polar surface area (TPSA) is 61.4 Å². The Morgan fingerprint density at radius 2 is 1.61 bits per heavy atom. The highest BCUT2D eigenvalue weighted by molar-refractivity contribution is 6.48. The van der Waals surface area contributed by atoms with Gasteiger partial charge in [-0.25, -0.2) is 9.80 Å². The number of rotatable bonds is 5. The Bertz CT molecular complexity index is 1150. The number of hydrogen-bond acceptors (Lipinski definition) is 2. The van der Waals surface area contributed by atoms with Crippen LogP contribution in [-0.2, 0) is 6.18 Å². The summed E-state index contributed by atoms with van der Waals surface area (Å²) in [6.07, 6.45) is -8.41. The van der Waals surface area contributed by atoms with Crippen molar-refractivity contribution in [2.45, 2.75) is 25.2 Å². The molecule has 0 saturated carbocycles. The van der Waals surface area contributed by atoms with Gasteiger partial charge in [-0.15, -0.1) is 0 Å². The zero-order valence-electron chi connectivity index (χ0n) is 18.5. The van der Waals surface area contributed by atoms with Gasteiger partial charge in [0.15, 0.2) is 0 Å². The molecule has 0 aromatic heterocycles. The number of hydrogen-bond donors (Lipinski definition) is 2. The number of nitrogens with one attached hydrogen (secondary N) is 2. The van der Waals surface area contributed by atoms with Crippen LogP contribution < -0.4 is 10.7 Å². The zero-order chi connectivity index (χ0) is 27.4. The normalized spacial score (nSPS) is 13.0. The van der Waals surface area contributed by atoms with E-state index in [1.54, 1.807) is 6.92 Å². The van der Waals surface area contributed by atoms with Crippen molar-refractivity contribution in [2.75, 3.05) is 13.6 Å². The van der Waals surface area contributed by atoms with Crippen LogP contribution >= 0.6 is 34.8 Å². The second-order valence-corrected chi connectivity index (χ2v) is 8.51. The predicted molar refractivity (Wildman–Crippen MR) is 125 cm³/mol. The van der Waals surface area contributed by atoms with E-state index >= 15 is 0 Å². The first kappa shape index (κ1) is 29.6. The summed E-state index contributed by atoms with van der Waals surface area (Å²) in [5, 5.41) is 2.41. The van der Waals surface area contributed by atoms with E-state index in [-0.39, 0.29) is 32.7 Å². The summed E-state index contributed by atoms with van der Waals surface area (Å²) in [6, 6.07) is 3.49. The van der Waals surface area contributed by atoms with Gasteiger partial charge in [-0.05, 0) is 42.3 Å². The van der Waals surface area contributed by atoms with E-state index in [9.17, 15) is 35.9 Å². The number of urea groups is 1. The van der Waals surface area contributed by atoms with Crippen LogP contribution in [0.2, 0.25) is 15.1 Å². The number of hydrazine groups is 1. The summed E-state index contributed by atoms with van der Waals surface area (Å²) < 4.78 is 82.1. The molecule has 0 radical (unpaired) electrons. The maximum atomic E-state index is 13.7. The predicted octanol–water partition coefficient (Wildman–Crippen LogP) is 7.33. The number of allylic oxidation sites excluding steroid dienone is 1. The molecule has 0 saturated heterocycles. The van der Waals surface area contributed by atoms with Crippen LogP contribution in [0.15, 0.2) is 36.4 Å². The molecule has 0 spiro atoms. The van der Waals surface area contributed by atoms with Crippen LogP contribution in [0, 0.1) is 0 Å². The number of benzene rings is 2. The van der Waals surface area contributed by atoms with Gasteiger partial charge < -0.3 is 5.32 Å². The molecule has 0 bridgehead atoms. The molecular formula is C22H18Cl3F6N3O2. The molecule has 2 aromatic rings. The number of carbonyl (C=O) groups is 2. The van der Waals surface area contributed by atoms with Crippen molar-refractivity contribution in [2.24, 2.45) is 0 Å². The average molecular weight is 577 g/mol. The van der Waals surface area contributed by atoms with Gasteiger partial charge in [0, 0.05) is 13.6 Å². The molecular weight excluding hydrogens is 559 g/mol. The highest BCUT2D eigenvalue weighted by Crippen LogP contribution is 2.41. The number of halogens is 9. The summed E-state index contributed by atoms with van der Waals surface area (Å²) in [7, 11) is 1.12. The van der Waals surface area contributed by atoms with Gasteiger partial charge in [0.05, 0.1) is 32.1 Å². The summed E-state index contributed by atoms with van der Waals surface area (Å²) in [4.78, 5) is 24.1. The molecule has 196 valence electrons. The van der Waals surface area contributed by atoms with Gasteiger partial charge >= 0.3 is 18.4 Å². The van der Waals surface area contributed by atoms with Crippen molar-refractivity contribution in [1.82, 2.24) is 15.8 Å². The van der Waals surface area contributed by atoms with Gasteiger partial charge in [0.25, 0.3) is 5.91 Å². The molecule has 36 heavy (non-hydrogen) atoms. The van der Waals surface area contributed by atoms with E-state index < -0.39 is 41.3 Å². The van der Waals surface area contributed by atoms with E-state index in [1.165, 1.54) is 0 Å². The smallest absolute Gasteiger partial charge is 0.337 e. The lowest BCUT2D eigenvalue weighted by molar-refractivity contribution is -0.139. The van der Waals surface area contributed by atoms with Crippen LogP contribution in [0.4, 0.5) is 31.1 Å². The first-order valence-electron chi connectivity index (χ1n) is 9.99. The van der Waals surface area contributed by atoms with Crippen molar-refractivity contribution in [3.8, 4) is 0 Å². The Morgan fingerprint density at radius 3 is 2.11 bits per heavy atom. The van der Waals surface area contributed by atoms with Gasteiger partial charge in [-0.3, -0.25) is 10.2 Å². The molecule has 0 heterocycles. The molecule has 2 aromatic carbocycles. The summed E-state index contributed by atoms with van der Waals surface area (Å²) >= 11 is 17.4. The minimum atomic E-state index is -5.03. The SMILES string of the molecule is CCNC(=O)N(C)NC(=O)c1ccc(/C=C/C(c2cc(Cl)c(Cl)c(Cl)c2)C(F)(F)F)cc1C(F)(F)F. The molecule has 5 nitrogen and oxygen atoms in total. The van der Waals surface area contributed by atoms with Crippen LogP contribution in [0.1, 0.15) is 39.9 Å². The molecule has 1 atom stereocenters. The highest BCUT2D eigenvalue weighted by Gasteiger charge is 2.40. The van der Waals surface area contributed by atoms with Crippen LogP contribution in [0.5, 0.6) is 0 Å². The first-order chi connectivity index (χ1) is 16.6. The summed E-state index contributed by atoms with van der Waals surface area (Å²) in [6.45, 7) is 1.81. The van der Waals surface area contributed by atoms with Gasteiger partial charge in [-0.1, -0.05) is 53.0 Å². The van der Waals surface area contributed by atoms with Crippen molar-refractivity contribution in [3.63, 3.8) is 0 Å². The van der Waals surface area contributed by atoms with Crippen LogP contribution in [-0.4, -0.2) is 36.7 Å². The van der Waals surface area contributed by atoms with Crippen LogP contribution in [0.25, 0.3) is 6.08 Å². The number of alkyl halides is 6. The molecule has 3 amide bonds. The molecule has 0 aliphatic rings. The fourth-order valence-corrected chi connectivity index (χ4v) is 3.62. The molecule has 14 heteroatoms. The Morgan fingerprint density at radius 1 is 1.03 bits per heavy atom. The quantitative estimate of drug-likeness (QED) is 0.222. The van der Waals surface area contributed by atoms with E-state index in [2.05, 4.69) is 5.32 Å². The largest absolute Gasteiger partial charge is 0.417 e. The maximum Gasteiger partial charge on any atom is 0.417 e. The van der Waals surface area contributed by atoms with E-state index in [4.69, 9.17) is 34.8 Å². The molecule has 0 aliphatic carbocycles. The summed E-state index contributed by atoms with van der Waals surface area (Å²) in [5.74, 6) is -3.52. The number of nitrogens with zero attached hydrogens (tertiary/aromatic N) is 1. The first-order valence-corrected chi connectivity index (χ1v) is 11.1. The maximum absolute atomic E-state index is 13.7. The molecule has 2 N–H and O–H groups in total. The minimum absolute atomic E-state index is 0.145. The third kappa shape index (κ3) is 7.44. The Hall–Kier alpha value is -2.63. The number of carbonyl (C=O) groups excluding carboxylic acids is 2. The van der Waals surface area contributed by atoms with E-state index in [0.717, 1.165) is 37.4 Å². The van der Waals surface area contributed by atoms with Crippen molar-refractivity contribution in [1.29, 1.82) is 0 Å². The fourth-order valence-electron chi connectivity index (χ4n) is 3.00. The lowest BCUT2D eigenvalue weighted by Gasteiger charge is -2.20. The van der Waals surface area contributed by atoms with E-state index in [0.29, 0.717) is 17.2 Å². The minimum Gasteiger partial charge on any atom is -0.337 e. The second kappa shape index (κ2) is 11.6. The van der Waals surface area contributed by atoms with Crippen molar-refractivity contribution in [3.05, 3.63) is 73.7 Å². The lowest BCUT2D eigenvalue weighted by Crippen LogP contribution is -2.48. The van der Waals surface area contributed by atoms with Gasteiger partial charge in [0.2, 0.25) is 0 Å². The average Bonchev–Trinajstić information content (AvgIpc) is 2.76. The Labute approximate surface area is 217 Å². The van der Waals surface area contributed by atoms with Crippen molar-refractivity contribution < 1.29 is 35.9 Å². The molecule has 1 unspecified atom stereocenters. The monoisotopic (exact) mass is 575 g/mol. The molecule has 0 fully saturated rings.